The van der Waals surface area contributed by atoms with Crippen LogP contribution in [0.2, 0.25) is 0 Å². The van der Waals surface area contributed by atoms with Gasteiger partial charge in [0.2, 0.25) is 0 Å². The first kappa shape index (κ1) is 10.4. The number of aryl methyl sites for hydroxylation is 1. The summed E-state index contributed by atoms with van der Waals surface area (Å²) in [6.07, 6.45) is 4.02. The van der Waals surface area contributed by atoms with Crippen LogP contribution in [0.25, 0.3) is 0 Å². The second-order valence-electron chi connectivity index (χ2n) is 4.47. The number of anilines is 1. The average Bonchev–Trinajstić information content (AvgIpc) is 2.10. The molecule has 0 unspecified atom stereocenters. The molecule has 1 aromatic heterocycles. The second kappa shape index (κ2) is 4.14. The van der Waals surface area contributed by atoms with Crippen LogP contribution >= 0.6 is 0 Å². The summed E-state index contributed by atoms with van der Waals surface area (Å²) in [4.78, 5) is 10.6. The fourth-order valence-electron chi connectivity index (χ4n) is 1.87. The molecule has 1 N–H and O–H groups in total. The van der Waals surface area contributed by atoms with Crippen LogP contribution in [0, 0.1) is 6.92 Å². The standard InChI is InChI=1S/C11H18N4/c1-8-4-11(13-7-12-8)14-9-5-10(6-9)15(2)3/h4,7,9-10H,5-6H2,1-3H3,(H,12,13,14)/t9-,10-. The van der Waals surface area contributed by atoms with Crippen molar-refractivity contribution >= 4 is 5.82 Å². The van der Waals surface area contributed by atoms with Crippen LogP contribution in [0.5, 0.6) is 0 Å². The summed E-state index contributed by atoms with van der Waals surface area (Å²) in [6, 6.07) is 3.29. The molecule has 1 fully saturated rings. The first-order valence-corrected chi connectivity index (χ1v) is 5.37. The highest BCUT2D eigenvalue weighted by Crippen LogP contribution is 2.26. The van der Waals surface area contributed by atoms with Gasteiger partial charge in [-0.25, -0.2) is 9.97 Å². The van der Waals surface area contributed by atoms with Crippen molar-refractivity contribution in [2.24, 2.45) is 0 Å². The topological polar surface area (TPSA) is 41.0 Å². The minimum atomic E-state index is 0.576. The number of aromatic nitrogens is 2. The maximum Gasteiger partial charge on any atom is 0.129 e. The van der Waals surface area contributed by atoms with Gasteiger partial charge in [0.15, 0.2) is 0 Å². The third-order valence-electron chi connectivity index (χ3n) is 3.00. The van der Waals surface area contributed by atoms with E-state index in [4.69, 9.17) is 0 Å². The maximum atomic E-state index is 4.20. The highest BCUT2D eigenvalue weighted by molar-refractivity contribution is 5.36. The number of hydrogen-bond acceptors (Lipinski definition) is 4. The smallest absolute Gasteiger partial charge is 0.129 e. The SMILES string of the molecule is Cc1cc(N[C@H]2C[C@H](N(C)C)C2)ncn1. The van der Waals surface area contributed by atoms with Gasteiger partial charge >= 0.3 is 0 Å². The summed E-state index contributed by atoms with van der Waals surface area (Å²) in [5, 5.41) is 3.43. The fraction of sp³-hybridized carbons (Fsp3) is 0.636. The van der Waals surface area contributed by atoms with Crippen LogP contribution in [0.3, 0.4) is 0 Å². The summed E-state index contributed by atoms with van der Waals surface area (Å²) in [6.45, 7) is 1.98. The summed E-state index contributed by atoms with van der Waals surface area (Å²) >= 11 is 0. The van der Waals surface area contributed by atoms with Gasteiger partial charge in [-0.3, -0.25) is 0 Å². The van der Waals surface area contributed by atoms with Gasteiger partial charge in [0.25, 0.3) is 0 Å². The van der Waals surface area contributed by atoms with Crippen molar-refractivity contribution in [2.45, 2.75) is 31.8 Å². The molecule has 82 valence electrons. The molecule has 0 bridgehead atoms. The van der Waals surface area contributed by atoms with Gasteiger partial charge in [-0.15, -0.1) is 0 Å². The number of nitrogens with one attached hydrogen (secondary N) is 1. The van der Waals surface area contributed by atoms with E-state index < -0.39 is 0 Å². The van der Waals surface area contributed by atoms with E-state index in [-0.39, 0.29) is 0 Å². The minimum absolute atomic E-state index is 0.576. The van der Waals surface area contributed by atoms with Crippen molar-refractivity contribution in [3.05, 3.63) is 18.1 Å². The number of nitrogens with zero attached hydrogens (tertiary/aromatic N) is 3. The Morgan fingerprint density at radius 1 is 1.33 bits per heavy atom. The van der Waals surface area contributed by atoms with E-state index in [9.17, 15) is 0 Å². The molecule has 0 spiro atoms. The Kier molecular flexibility index (Phi) is 2.86. The number of hydrogen-bond donors (Lipinski definition) is 1. The molecule has 15 heavy (non-hydrogen) atoms. The Morgan fingerprint density at radius 2 is 2.07 bits per heavy atom. The molecule has 4 heteroatoms. The Bertz CT molecular complexity index is 331. The van der Waals surface area contributed by atoms with E-state index in [1.54, 1.807) is 6.33 Å². The van der Waals surface area contributed by atoms with Crippen molar-refractivity contribution in [3.8, 4) is 0 Å². The van der Waals surface area contributed by atoms with Crippen LogP contribution in [0.1, 0.15) is 18.5 Å². The molecule has 1 heterocycles. The van der Waals surface area contributed by atoms with Crippen molar-refractivity contribution in [3.63, 3.8) is 0 Å². The molecule has 4 nitrogen and oxygen atoms in total. The fourth-order valence-corrected chi connectivity index (χ4v) is 1.87. The van der Waals surface area contributed by atoms with E-state index in [2.05, 4.69) is 34.3 Å². The predicted molar refractivity (Wildman–Crippen MR) is 60.9 cm³/mol. The molecule has 1 aromatic rings. The van der Waals surface area contributed by atoms with E-state index in [0.29, 0.717) is 6.04 Å². The zero-order chi connectivity index (χ0) is 10.8. The van der Waals surface area contributed by atoms with Crippen LogP contribution in [0.15, 0.2) is 12.4 Å². The molecule has 0 saturated heterocycles. The second-order valence-corrected chi connectivity index (χ2v) is 4.47. The normalized spacial score (nSPS) is 25.1. The van der Waals surface area contributed by atoms with Crippen LogP contribution in [0.4, 0.5) is 5.82 Å². The Balaban J connectivity index is 1.85. The first-order valence-electron chi connectivity index (χ1n) is 5.37. The lowest BCUT2D eigenvalue weighted by atomic mass is 9.86. The van der Waals surface area contributed by atoms with Crippen LogP contribution < -0.4 is 5.32 Å². The third kappa shape index (κ3) is 2.45. The molecule has 1 aliphatic rings. The molecule has 0 amide bonds. The van der Waals surface area contributed by atoms with Gasteiger partial charge in [0.1, 0.15) is 12.1 Å². The van der Waals surface area contributed by atoms with E-state index in [1.165, 1.54) is 12.8 Å². The summed E-state index contributed by atoms with van der Waals surface area (Å²) < 4.78 is 0. The van der Waals surface area contributed by atoms with Crippen molar-refractivity contribution in [1.82, 2.24) is 14.9 Å². The first-order chi connectivity index (χ1) is 7.15. The summed E-state index contributed by atoms with van der Waals surface area (Å²) in [7, 11) is 4.27. The molecule has 1 aliphatic carbocycles. The zero-order valence-electron chi connectivity index (χ0n) is 9.57. The van der Waals surface area contributed by atoms with Crippen LogP contribution in [-0.2, 0) is 0 Å². The Hall–Kier alpha value is -1.16. The van der Waals surface area contributed by atoms with Gasteiger partial charge in [0, 0.05) is 23.8 Å². The zero-order valence-corrected chi connectivity index (χ0v) is 9.57. The van der Waals surface area contributed by atoms with Gasteiger partial charge in [-0.05, 0) is 33.9 Å². The van der Waals surface area contributed by atoms with Crippen molar-refractivity contribution in [2.75, 3.05) is 19.4 Å². The summed E-state index contributed by atoms with van der Waals surface area (Å²) in [5.74, 6) is 0.949. The van der Waals surface area contributed by atoms with Crippen molar-refractivity contribution in [1.29, 1.82) is 0 Å². The Labute approximate surface area is 90.7 Å². The van der Waals surface area contributed by atoms with Crippen molar-refractivity contribution < 1.29 is 0 Å². The maximum absolute atomic E-state index is 4.20. The molecule has 0 aliphatic heterocycles. The highest BCUT2D eigenvalue weighted by Gasteiger charge is 2.30. The lowest BCUT2D eigenvalue weighted by Crippen LogP contribution is -2.47. The molecular weight excluding hydrogens is 188 g/mol. The molecular formula is C11H18N4. The quantitative estimate of drug-likeness (QED) is 0.809. The Morgan fingerprint density at radius 3 is 2.67 bits per heavy atom. The molecule has 0 aromatic carbocycles. The lowest BCUT2D eigenvalue weighted by Gasteiger charge is -2.40. The predicted octanol–water partition coefficient (Wildman–Crippen LogP) is 1.29. The van der Waals surface area contributed by atoms with Crippen LogP contribution in [-0.4, -0.2) is 41.0 Å². The van der Waals surface area contributed by atoms with Gasteiger partial charge < -0.3 is 10.2 Å². The van der Waals surface area contributed by atoms with Gasteiger partial charge in [-0.1, -0.05) is 0 Å². The van der Waals surface area contributed by atoms with Gasteiger partial charge in [0.05, 0.1) is 0 Å². The molecule has 1 saturated carbocycles. The lowest BCUT2D eigenvalue weighted by molar-refractivity contribution is 0.177. The minimum Gasteiger partial charge on any atom is -0.367 e. The largest absolute Gasteiger partial charge is 0.367 e. The average molecular weight is 206 g/mol. The van der Waals surface area contributed by atoms with E-state index >= 15 is 0 Å². The molecule has 0 radical (unpaired) electrons. The third-order valence-corrected chi connectivity index (χ3v) is 3.00. The molecule has 2 rings (SSSR count). The molecule has 0 atom stereocenters. The monoisotopic (exact) mass is 206 g/mol. The number of rotatable bonds is 3. The summed E-state index contributed by atoms with van der Waals surface area (Å²) in [5.41, 5.74) is 1.01. The highest BCUT2D eigenvalue weighted by atomic mass is 15.1. The van der Waals surface area contributed by atoms with E-state index in [1.807, 2.05) is 13.0 Å². The van der Waals surface area contributed by atoms with E-state index in [0.717, 1.165) is 17.6 Å². The van der Waals surface area contributed by atoms with Gasteiger partial charge in [-0.2, -0.15) is 0 Å².